The first-order valence-electron chi connectivity index (χ1n) is 6.31. The van der Waals surface area contributed by atoms with Crippen LogP contribution in [0.5, 0.6) is 0 Å². The minimum Gasteiger partial charge on any atom is -0.310 e. The van der Waals surface area contributed by atoms with E-state index in [0.29, 0.717) is 6.04 Å². The number of nitrogens with one attached hydrogen (secondary N) is 1. The van der Waals surface area contributed by atoms with Gasteiger partial charge in [-0.05, 0) is 45.9 Å². The first kappa shape index (κ1) is 13.8. The Labute approximate surface area is 121 Å². The lowest BCUT2D eigenvalue weighted by molar-refractivity contribution is 0.532. The van der Waals surface area contributed by atoms with Gasteiger partial charge in [0.2, 0.25) is 0 Å². The summed E-state index contributed by atoms with van der Waals surface area (Å²) in [6.07, 6.45) is 2.21. The molecule has 0 spiro atoms. The highest BCUT2D eigenvalue weighted by atomic mass is 79.9. The van der Waals surface area contributed by atoms with E-state index in [9.17, 15) is 0 Å². The van der Waals surface area contributed by atoms with E-state index in [2.05, 4.69) is 69.9 Å². The molecule has 96 valence electrons. The Morgan fingerprint density at radius 2 is 2.00 bits per heavy atom. The summed E-state index contributed by atoms with van der Waals surface area (Å²) in [5, 5.41) is 5.78. The maximum Gasteiger partial charge on any atom is 0.0369 e. The van der Waals surface area contributed by atoms with Crippen LogP contribution in [0.25, 0.3) is 0 Å². The highest BCUT2D eigenvalue weighted by molar-refractivity contribution is 9.10. The SMILES string of the molecule is CCCNC(Cc1sccc1Br)c1ccccc1. The lowest BCUT2D eigenvalue weighted by Gasteiger charge is -2.18. The van der Waals surface area contributed by atoms with Gasteiger partial charge in [-0.3, -0.25) is 0 Å². The standard InChI is InChI=1S/C15H18BrNS/c1-2-9-17-14(12-6-4-3-5-7-12)11-15-13(16)8-10-18-15/h3-8,10,14,17H,2,9,11H2,1H3. The Bertz CT molecular complexity index is 466. The van der Waals surface area contributed by atoms with E-state index < -0.39 is 0 Å². The molecule has 0 saturated heterocycles. The summed E-state index contributed by atoms with van der Waals surface area (Å²) in [7, 11) is 0. The van der Waals surface area contributed by atoms with Gasteiger partial charge < -0.3 is 5.32 Å². The molecule has 0 bridgehead atoms. The minimum absolute atomic E-state index is 0.404. The summed E-state index contributed by atoms with van der Waals surface area (Å²) in [5.41, 5.74) is 1.37. The van der Waals surface area contributed by atoms with Gasteiger partial charge in [-0.2, -0.15) is 0 Å². The zero-order valence-corrected chi connectivity index (χ0v) is 12.9. The highest BCUT2D eigenvalue weighted by Crippen LogP contribution is 2.28. The van der Waals surface area contributed by atoms with Gasteiger partial charge in [0, 0.05) is 21.8 Å². The van der Waals surface area contributed by atoms with Crippen molar-refractivity contribution < 1.29 is 0 Å². The second-order valence-electron chi connectivity index (χ2n) is 4.31. The number of thiophene rings is 1. The molecule has 1 atom stereocenters. The zero-order valence-electron chi connectivity index (χ0n) is 10.5. The molecule has 0 aliphatic rings. The molecule has 1 N–H and O–H groups in total. The Hall–Kier alpha value is -0.640. The molecule has 1 unspecified atom stereocenters. The van der Waals surface area contributed by atoms with E-state index in [1.54, 1.807) is 0 Å². The van der Waals surface area contributed by atoms with Crippen LogP contribution in [0, 0.1) is 0 Å². The third kappa shape index (κ3) is 3.67. The molecule has 3 heteroatoms. The van der Waals surface area contributed by atoms with E-state index in [1.165, 1.54) is 14.9 Å². The molecule has 1 aromatic heterocycles. The summed E-state index contributed by atoms with van der Waals surface area (Å²) in [5.74, 6) is 0. The van der Waals surface area contributed by atoms with Crippen molar-refractivity contribution in [3.8, 4) is 0 Å². The topological polar surface area (TPSA) is 12.0 Å². The van der Waals surface area contributed by atoms with E-state index in [0.717, 1.165) is 19.4 Å². The van der Waals surface area contributed by atoms with Crippen molar-refractivity contribution >= 4 is 27.3 Å². The Balaban J connectivity index is 2.13. The van der Waals surface area contributed by atoms with Gasteiger partial charge in [-0.25, -0.2) is 0 Å². The number of halogens is 1. The van der Waals surface area contributed by atoms with Crippen molar-refractivity contribution in [2.24, 2.45) is 0 Å². The molecule has 0 fully saturated rings. The predicted molar refractivity (Wildman–Crippen MR) is 83.2 cm³/mol. The molecule has 0 aliphatic heterocycles. The van der Waals surface area contributed by atoms with Crippen molar-refractivity contribution in [3.63, 3.8) is 0 Å². The molecule has 1 heterocycles. The quantitative estimate of drug-likeness (QED) is 0.805. The third-order valence-electron chi connectivity index (χ3n) is 2.92. The van der Waals surface area contributed by atoms with Gasteiger partial charge in [-0.15, -0.1) is 11.3 Å². The number of hydrogen-bond acceptors (Lipinski definition) is 2. The van der Waals surface area contributed by atoms with Gasteiger partial charge in [0.1, 0.15) is 0 Å². The summed E-state index contributed by atoms with van der Waals surface area (Å²) in [4.78, 5) is 1.41. The molecule has 2 rings (SSSR count). The van der Waals surface area contributed by atoms with Crippen LogP contribution < -0.4 is 5.32 Å². The van der Waals surface area contributed by atoms with E-state index in [1.807, 2.05) is 11.3 Å². The van der Waals surface area contributed by atoms with Gasteiger partial charge >= 0.3 is 0 Å². The van der Waals surface area contributed by atoms with Gasteiger partial charge in [0.05, 0.1) is 0 Å². The monoisotopic (exact) mass is 323 g/mol. The summed E-state index contributed by atoms with van der Waals surface area (Å²) >= 11 is 5.44. The fourth-order valence-electron chi connectivity index (χ4n) is 1.97. The second-order valence-corrected chi connectivity index (χ2v) is 6.17. The first-order chi connectivity index (χ1) is 8.81. The molecule has 0 aliphatic carbocycles. The third-order valence-corrected chi connectivity index (χ3v) is 4.87. The molecule has 18 heavy (non-hydrogen) atoms. The van der Waals surface area contributed by atoms with E-state index >= 15 is 0 Å². The summed E-state index contributed by atoms with van der Waals surface area (Å²) < 4.78 is 1.23. The number of rotatable bonds is 6. The zero-order chi connectivity index (χ0) is 12.8. The summed E-state index contributed by atoms with van der Waals surface area (Å²) in [6.45, 7) is 3.26. The predicted octanol–water partition coefficient (Wildman–Crippen LogP) is 4.79. The lowest BCUT2D eigenvalue weighted by Crippen LogP contribution is -2.23. The van der Waals surface area contributed by atoms with Crippen molar-refractivity contribution in [2.45, 2.75) is 25.8 Å². The van der Waals surface area contributed by atoms with Crippen molar-refractivity contribution in [1.82, 2.24) is 5.32 Å². The fourth-order valence-corrected chi connectivity index (χ4v) is 3.53. The van der Waals surface area contributed by atoms with Crippen LogP contribution in [0.15, 0.2) is 46.3 Å². The average Bonchev–Trinajstić information content (AvgIpc) is 2.81. The van der Waals surface area contributed by atoms with Crippen LogP contribution in [0.4, 0.5) is 0 Å². The normalized spacial score (nSPS) is 12.6. The van der Waals surface area contributed by atoms with Crippen molar-refractivity contribution in [2.75, 3.05) is 6.54 Å². The maximum absolute atomic E-state index is 3.64. The van der Waals surface area contributed by atoms with Crippen LogP contribution in [0.1, 0.15) is 29.8 Å². The van der Waals surface area contributed by atoms with Crippen LogP contribution in [-0.2, 0) is 6.42 Å². The minimum atomic E-state index is 0.404. The van der Waals surface area contributed by atoms with Crippen molar-refractivity contribution in [1.29, 1.82) is 0 Å². The van der Waals surface area contributed by atoms with E-state index in [4.69, 9.17) is 0 Å². The van der Waals surface area contributed by atoms with Crippen LogP contribution >= 0.6 is 27.3 Å². The molecule has 0 radical (unpaired) electrons. The smallest absolute Gasteiger partial charge is 0.0369 e. The second kappa shape index (κ2) is 7.07. The molecule has 1 nitrogen and oxygen atoms in total. The van der Waals surface area contributed by atoms with Gasteiger partial charge in [0.25, 0.3) is 0 Å². The molecular formula is C15H18BrNS. The number of benzene rings is 1. The molecule has 2 aromatic rings. The largest absolute Gasteiger partial charge is 0.310 e. The molecule has 0 saturated carbocycles. The Kier molecular flexibility index (Phi) is 5.42. The lowest BCUT2D eigenvalue weighted by atomic mass is 10.0. The van der Waals surface area contributed by atoms with Crippen LogP contribution in [0.2, 0.25) is 0 Å². The Morgan fingerprint density at radius 3 is 2.61 bits per heavy atom. The Morgan fingerprint density at radius 1 is 1.22 bits per heavy atom. The van der Waals surface area contributed by atoms with Crippen molar-refractivity contribution in [3.05, 3.63) is 56.7 Å². The highest BCUT2D eigenvalue weighted by Gasteiger charge is 2.13. The number of hydrogen-bond donors (Lipinski definition) is 1. The van der Waals surface area contributed by atoms with E-state index in [-0.39, 0.29) is 0 Å². The van der Waals surface area contributed by atoms with Crippen LogP contribution in [-0.4, -0.2) is 6.54 Å². The maximum atomic E-state index is 3.64. The molecule has 1 aromatic carbocycles. The molecule has 0 amide bonds. The summed E-state index contributed by atoms with van der Waals surface area (Å²) in [6, 6.07) is 13.2. The van der Waals surface area contributed by atoms with Gasteiger partial charge in [0.15, 0.2) is 0 Å². The molecular weight excluding hydrogens is 306 g/mol. The van der Waals surface area contributed by atoms with Gasteiger partial charge in [-0.1, -0.05) is 37.3 Å². The first-order valence-corrected chi connectivity index (χ1v) is 7.98. The average molecular weight is 324 g/mol. The fraction of sp³-hybridized carbons (Fsp3) is 0.333. The van der Waals surface area contributed by atoms with Crippen LogP contribution in [0.3, 0.4) is 0 Å².